The van der Waals surface area contributed by atoms with Gasteiger partial charge in [0.1, 0.15) is 0 Å². The summed E-state index contributed by atoms with van der Waals surface area (Å²) in [5, 5.41) is 12.7. The van der Waals surface area contributed by atoms with E-state index in [-0.39, 0.29) is 23.8 Å². The number of carbonyl (C=O) groups is 1. The largest absolute Gasteiger partial charge is 0.393 e. The molecule has 0 saturated carbocycles. The number of aliphatic hydroxyl groups is 1. The van der Waals surface area contributed by atoms with Crippen molar-refractivity contribution >= 4 is 5.91 Å². The van der Waals surface area contributed by atoms with Gasteiger partial charge in [-0.2, -0.15) is 0 Å². The molecule has 86 valence electrons. The molecule has 0 aromatic rings. The van der Waals surface area contributed by atoms with Crippen LogP contribution in [0.1, 0.15) is 19.8 Å². The second-order valence-corrected chi connectivity index (χ2v) is 4.78. The van der Waals surface area contributed by atoms with Crippen LogP contribution < -0.4 is 5.32 Å². The van der Waals surface area contributed by atoms with Crippen molar-refractivity contribution in [3.05, 3.63) is 0 Å². The molecule has 0 aromatic carbocycles. The van der Waals surface area contributed by atoms with Crippen LogP contribution in [0.15, 0.2) is 0 Å². The van der Waals surface area contributed by atoms with Crippen LogP contribution >= 0.6 is 0 Å². The van der Waals surface area contributed by atoms with Crippen molar-refractivity contribution in [3.63, 3.8) is 0 Å². The molecule has 4 heteroatoms. The molecular weight excluding hydrogens is 192 g/mol. The predicted octanol–water partition coefficient (Wildman–Crippen LogP) is -0.175. The van der Waals surface area contributed by atoms with Crippen molar-refractivity contribution in [2.75, 3.05) is 26.2 Å². The van der Waals surface area contributed by atoms with Crippen molar-refractivity contribution in [2.24, 2.45) is 11.8 Å². The highest BCUT2D eigenvalue weighted by atomic mass is 16.3. The van der Waals surface area contributed by atoms with Crippen molar-refractivity contribution in [2.45, 2.75) is 25.9 Å². The Balaban J connectivity index is 1.88. The van der Waals surface area contributed by atoms with E-state index in [1.165, 1.54) is 0 Å². The van der Waals surface area contributed by atoms with Gasteiger partial charge in [-0.05, 0) is 19.8 Å². The van der Waals surface area contributed by atoms with E-state index in [2.05, 4.69) is 5.32 Å². The van der Waals surface area contributed by atoms with Crippen LogP contribution in [-0.2, 0) is 4.79 Å². The van der Waals surface area contributed by atoms with Crippen LogP contribution in [0.4, 0.5) is 0 Å². The number of likely N-dealkylation sites (tertiary alicyclic amines) is 1. The van der Waals surface area contributed by atoms with Gasteiger partial charge >= 0.3 is 0 Å². The molecule has 2 fully saturated rings. The molecule has 2 aliphatic heterocycles. The molecular formula is C11H20N2O2. The standard InChI is InChI=1S/C11H20N2O2/c1-8(14)9-3-2-4-13(7-9)11(15)10-5-12-6-10/h8-10,12,14H,2-7H2,1H3/t8-,9+/m0/s1. The van der Waals surface area contributed by atoms with E-state index in [4.69, 9.17) is 0 Å². The van der Waals surface area contributed by atoms with Gasteiger partial charge in [0.15, 0.2) is 0 Å². The summed E-state index contributed by atoms with van der Waals surface area (Å²) in [6.45, 7) is 5.10. The first-order valence-corrected chi connectivity index (χ1v) is 5.86. The third-order valence-electron chi connectivity index (χ3n) is 3.58. The lowest BCUT2D eigenvalue weighted by molar-refractivity contribution is -0.139. The second kappa shape index (κ2) is 4.49. The molecule has 2 rings (SSSR count). The van der Waals surface area contributed by atoms with Gasteiger partial charge in [0, 0.05) is 32.1 Å². The fourth-order valence-corrected chi connectivity index (χ4v) is 2.33. The van der Waals surface area contributed by atoms with Crippen molar-refractivity contribution in [3.8, 4) is 0 Å². The Bertz CT molecular complexity index is 239. The highest BCUT2D eigenvalue weighted by molar-refractivity contribution is 5.80. The number of piperidine rings is 1. The molecule has 0 radical (unpaired) electrons. The Labute approximate surface area is 90.6 Å². The Morgan fingerprint density at radius 1 is 1.53 bits per heavy atom. The van der Waals surface area contributed by atoms with Gasteiger partial charge < -0.3 is 15.3 Å². The summed E-state index contributed by atoms with van der Waals surface area (Å²) < 4.78 is 0. The van der Waals surface area contributed by atoms with Crippen LogP contribution in [0.2, 0.25) is 0 Å². The summed E-state index contributed by atoms with van der Waals surface area (Å²) in [5.74, 6) is 0.743. The highest BCUT2D eigenvalue weighted by Crippen LogP contribution is 2.21. The summed E-state index contributed by atoms with van der Waals surface area (Å²) in [7, 11) is 0. The number of hydrogen-bond donors (Lipinski definition) is 2. The molecule has 2 atom stereocenters. The van der Waals surface area contributed by atoms with E-state index < -0.39 is 0 Å². The summed E-state index contributed by atoms with van der Waals surface area (Å²) in [5.41, 5.74) is 0. The molecule has 0 spiro atoms. The number of amides is 1. The third-order valence-corrected chi connectivity index (χ3v) is 3.58. The molecule has 0 bridgehead atoms. The van der Waals surface area contributed by atoms with Gasteiger partial charge in [-0.25, -0.2) is 0 Å². The summed E-state index contributed by atoms with van der Waals surface area (Å²) in [6, 6.07) is 0. The quantitative estimate of drug-likeness (QED) is 0.668. The minimum Gasteiger partial charge on any atom is -0.393 e. The van der Waals surface area contributed by atoms with Crippen molar-refractivity contribution < 1.29 is 9.90 Å². The van der Waals surface area contributed by atoms with E-state index in [9.17, 15) is 9.90 Å². The maximum Gasteiger partial charge on any atom is 0.228 e. The molecule has 2 aliphatic rings. The van der Waals surface area contributed by atoms with E-state index >= 15 is 0 Å². The van der Waals surface area contributed by atoms with Crippen LogP contribution in [-0.4, -0.2) is 48.2 Å². The van der Waals surface area contributed by atoms with Crippen LogP contribution in [0.3, 0.4) is 0 Å². The zero-order valence-corrected chi connectivity index (χ0v) is 9.28. The van der Waals surface area contributed by atoms with Gasteiger partial charge in [0.05, 0.1) is 12.0 Å². The summed E-state index contributed by atoms with van der Waals surface area (Å²) in [4.78, 5) is 13.9. The van der Waals surface area contributed by atoms with Crippen LogP contribution in [0.25, 0.3) is 0 Å². The molecule has 4 nitrogen and oxygen atoms in total. The van der Waals surface area contributed by atoms with Crippen molar-refractivity contribution in [1.82, 2.24) is 10.2 Å². The Morgan fingerprint density at radius 2 is 2.27 bits per heavy atom. The molecule has 2 heterocycles. The topological polar surface area (TPSA) is 52.6 Å². The Morgan fingerprint density at radius 3 is 2.80 bits per heavy atom. The molecule has 0 aromatic heterocycles. The summed E-state index contributed by atoms with van der Waals surface area (Å²) >= 11 is 0. The normalized spacial score (nSPS) is 29.7. The maximum absolute atomic E-state index is 12.0. The first kappa shape index (κ1) is 10.9. The lowest BCUT2D eigenvalue weighted by atomic mass is 9.91. The number of nitrogens with one attached hydrogen (secondary N) is 1. The molecule has 2 saturated heterocycles. The number of hydrogen-bond acceptors (Lipinski definition) is 3. The van der Waals surface area contributed by atoms with E-state index in [0.29, 0.717) is 0 Å². The zero-order valence-electron chi connectivity index (χ0n) is 9.28. The van der Waals surface area contributed by atoms with Crippen LogP contribution in [0.5, 0.6) is 0 Å². The van der Waals surface area contributed by atoms with E-state index in [0.717, 1.165) is 39.0 Å². The number of aliphatic hydroxyl groups excluding tert-OH is 1. The number of carbonyl (C=O) groups excluding carboxylic acids is 1. The lowest BCUT2D eigenvalue weighted by Gasteiger charge is -2.38. The smallest absolute Gasteiger partial charge is 0.228 e. The monoisotopic (exact) mass is 212 g/mol. The van der Waals surface area contributed by atoms with Gasteiger partial charge in [0.2, 0.25) is 5.91 Å². The van der Waals surface area contributed by atoms with Gasteiger partial charge in [-0.1, -0.05) is 0 Å². The first-order chi connectivity index (χ1) is 7.18. The van der Waals surface area contributed by atoms with Crippen molar-refractivity contribution in [1.29, 1.82) is 0 Å². The Kier molecular flexibility index (Phi) is 3.26. The van der Waals surface area contributed by atoms with Crippen LogP contribution in [0, 0.1) is 11.8 Å². The Hall–Kier alpha value is -0.610. The minimum absolute atomic E-state index is 0.192. The fraction of sp³-hybridized carbons (Fsp3) is 0.909. The minimum atomic E-state index is -0.292. The highest BCUT2D eigenvalue weighted by Gasteiger charge is 2.32. The molecule has 0 aliphatic carbocycles. The molecule has 1 amide bonds. The van der Waals surface area contributed by atoms with Gasteiger partial charge in [-0.3, -0.25) is 4.79 Å². The molecule has 2 N–H and O–H groups in total. The van der Waals surface area contributed by atoms with Gasteiger partial charge in [-0.15, -0.1) is 0 Å². The second-order valence-electron chi connectivity index (χ2n) is 4.78. The maximum atomic E-state index is 12.0. The fourth-order valence-electron chi connectivity index (χ4n) is 2.33. The van der Waals surface area contributed by atoms with E-state index in [1.54, 1.807) is 0 Å². The number of rotatable bonds is 2. The predicted molar refractivity (Wildman–Crippen MR) is 57.3 cm³/mol. The SMILES string of the molecule is C[C@H](O)[C@@H]1CCCN(C(=O)C2CNC2)C1. The first-order valence-electron chi connectivity index (χ1n) is 5.86. The molecule has 15 heavy (non-hydrogen) atoms. The average Bonchev–Trinajstić information content (AvgIpc) is 2.15. The van der Waals surface area contributed by atoms with Gasteiger partial charge in [0.25, 0.3) is 0 Å². The lowest BCUT2D eigenvalue weighted by Crippen LogP contribution is -2.54. The van der Waals surface area contributed by atoms with E-state index in [1.807, 2.05) is 11.8 Å². The third kappa shape index (κ3) is 2.32. The number of nitrogens with zero attached hydrogens (tertiary/aromatic N) is 1. The zero-order chi connectivity index (χ0) is 10.8. The average molecular weight is 212 g/mol. The summed E-state index contributed by atoms with van der Waals surface area (Å²) in [6.07, 6.45) is 1.78. The molecule has 0 unspecified atom stereocenters.